The minimum absolute atomic E-state index is 0.415. The second-order valence-electron chi connectivity index (χ2n) is 4.72. The molecule has 1 aromatic carbocycles. The minimum Gasteiger partial charge on any atom is -0.481 e. The Morgan fingerprint density at radius 2 is 2.06 bits per heavy atom. The Bertz CT molecular complexity index is 399. The van der Waals surface area contributed by atoms with E-state index in [1.807, 2.05) is 19.1 Å². The van der Waals surface area contributed by atoms with Gasteiger partial charge in [0.1, 0.15) is 0 Å². The van der Waals surface area contributed by atoms with Gasteiger partial charge in [0.15, 0.2) is 0 Å². The van der Waals surface area contributed by atoms with Crippen LogP contribution in [-0.4, -0.2) is 24.7 Å². The van der Waals surface area contributed by atoms with Crippen molar-refractivity contribution < 1.29 is 9.90 Å². The molecule has 1 rings (SSSR count). The standard InChI is InChI=1S/C14H21NO2/c1-9(2)11-6-5-10(3)12(7-11)13(8-15-4)14(16)17/h5-7,9,13,15H,8H2,1-4H3,(H,16,17). The zero-order chi connectivity index (χ0) is 13.0. The van der Waals surface area contributed by atoms with E-state index in [1.54, 1.807) is 7.05 Å². The number of carbonyl (C=O) groups is 1. The summed E-state index contributed by atoms with van der Waals surface area (Å²) in [6, 6.07) is 6.11. The first-order chi connectivity index (χ1) is 7.97. The van der Waals surface area contributed by atoms with Crippen molar-refractivity contribution >= 4 is 5.97 Å². The first-order valence-electron chi connectivity index (χ1n) is 5.95. The van der Waals surface area contributed by atoms with Crippen LogP contribution < -0.4 is 5.32 Å². The molecule has 1 atom stereocenters. The van der Waals surface area contributed by atoms with Crippen molar-refractivity contribution in [2.24, 2.45) is 0 Å². The van der Waals surface area contributed by atoms with E-state index in [2.05, 4.69) is 25.2 Å². The topological polar surface area (TPSA) is 49.3 Å². The van der Waals surface area contributed by atoms with Crippen LogP contribution in [-0.2, 0) is 4.79 Å². The van der Waals surface area contributed by atoms with E-state index in [4.69, 9.17) is 0 Å². The lowest BCUT2D eigenvalue weighted by molar-refractivity contribution is -0.138. The minimum atomic E-state index is -0.775. The number of aliphatic carboxylic acids is 1. The van der Waals surface area contributed by atoms with Crippen molar-refractivity contribution in [1.29, 1.82) is 0 Å². The van der Waals surface area contributed by atoms with Crippen LogP contribution in [0.1, 0.15) is 42.4 Å². The fourth-order valence-electron chi connectivity index (χ4n) is 1.93. The molecule has 0 aromatic heterocycles. The SMILES string of the molecule is CNCC(C(=O)O)c1cc(C(C)C)ccc1C. The average Bonchev–Trinajstić information content (AvgIpc) is 2.26. The molecule has 2 N–H and O–H groups in total. The Hall–Kier alpha value is -1.35. The first kappa shape index (κ1) is 13.7. The highest BCUT2D eigenvalue weighted by molar-refractivity contribution is 5.77. The summed E-state index contributed by atoms with van der Waals surface area (Å²) in [4.78, 5) is 11.3. The van der Waals surface area contributed by atoms with Crippen LogP contribution in [0.25, 0.3) is 0 Å². The maximum absolute atomic E-state index is 11.3. The molecular formula is C14H21NO2. The highest BCUT2D eigenvalue weighted by Gasteiger charge is 2.21. The smallest absolute Gasteiger partial charge is 0.312 e. The van der Waals surface area contributed by atoms with Crippen LogP contribution in [0, 0.1) is 6.92 Å². The van der Waals surface area contributed by atoms with E-state index in [0.717, 1.165) is 11.1 Å². The van der Waals surface area contributed by atoms with Crippen molar-refractivity contribution in [1.82, 2.24) is 5.32 Å². The lowest BCUT2D eigenvalue weighted by Crippen LogP contribution is -2.24. The van der Waals surface area contributed by atoms with Crippen LogP contribution >= 0.6 is 0 Å². The molecule has 0 fully saturated rings. The normalized spacial score (nSPS) is 12.8. The summed E-state index contributed by atoms with van der Waals surface area (Å²) in [6.07, 6.45) is 0. The fourth-order valence-corrected chi connectivity index (χ4v) is 1.93. The summed E-state index contributed by atoms with van der Waals surface area (Å²) in [5, 5.41) is 12.2. The Balaban J connectivity index is 3.16. The highest BCUT2D eigenvalue weighted by atomic mass is 16.4. The van der Waals surface area contributed by atoms with Crippen LogP contribution in [0.3, 0.4) is 0 Å². The van der Waals surface area contributed by atoms with Gasteiger partial charge in [-0.1, -0.05) is 32.0 Å². The molecular weight excluding hydrogens is 214 g/mol. The highest BCUT2D eigenvalue weighted by Crippen LogP contribution is 2.24. The summed E-state index contributed by atoms with van der Waals surface area (Å²) in [6.45, 7) is 6.65. The summed E-state index contributed by atoms with van der Waals surface area (Å²) in [5.41, 5.74) is 3.14. The Morgan fingerprint density at radius 1 is 1.41 bits per heavy atom. The van der Waals surface area contributed by atoms with E-state index in [9.17, 15) is 9.90 Å². The molecule has 0 aliphatic heterocycles. The summed E-state index contributed by atoms with van der Waals surface area (Å²) < 4.78 is 0. The third-order valence-corrected chi connectivity index (χ3v) is 3.05. The van der Waals surface area contributed by atoms with Crippen LogP contribution in [0.5, 0.6) is 0 Å². The van der Waals surface area contributed by atoms with Gasteiger partial charge in [0.2, 0.25) is 0 Å². The molecule has 17 heavy (non-hydrogen) atoms. The summed E-state index contributed by atoms with van der Waals surface area (Å²) >= 11 is 0. The lowest BCUT2D eigenvalue weighted by atomic mass is 9.90. The molecule has 1 unspecified atom stereocenters. The molecule has 1 aromatic rings. The number of benzene rings is 1. The largest absolute Gasteiger partial charge is 0.481 e. The monoisotopic (exact) mass is 235 g/mol. The van der Waals surface area contributed by atoms with Crippen molar-refractivity contribution in [3.8, 4) is 0 Å². The molecule has 94 valence electrons. The quantitative estimate of drug-likeness (QED) is 0.824. The molecule has 0 spiro atoms. The van der Waals surface area contributed by atoms with Crippen molar-refractivity contribution in [2.45, 2.75) is 32.6 Å². The van der Waals surface area contributed by atoms with Gasteiger partial charge in [-0.15, -0.1) is 0 Å². The van der Waals surface area contributed by atoms with Gasteiger partial charge in [0.25, 0.3) is 0 Å². The lowest BCUT2D eigenvalue weighted by Gasteiger charge is -2.17. The predicted octanol–water partition coefficient (Wildman–Crippen LogP) is 2.51. The van der Waals surface area contributed by atoms with Gasteiger partial charge in [0, 0.05) is 6.54 Å². The number of aryl methyl sites for hydroxylation is 1. The number of hydrogen-bond acceptors (Lipinski definition) is 2. The van der Waals surface area contributed by atoms with E-state index in [1.165, 1.54) is 5.56 Å². The average molecular weight is 235 g/mol. The number of carboxylic acids is 1. The van der Waals surface area contributed by atoms with E-state index < -0.39 is 11.9 Å². The molecule has 0 saturated heterocycles. The molecule has 3 nitrogen and oxygen atoms in total. The number of likely N-dealkylation sites (N-methyl/N-ethyl adjacent to an activating group) is 1. The second kappa shape index (κ2) is 5.82. The summed E-state index contributed by atoms with van der Waals surface area (Å²) in [7, 11) is 1.78. The molecule has 0 aliphatic rings. The maximum atomic E-state index is 11.3. The molecule has 0 bridgehead atoms. The van der Waals surface area contributed by atoms with Crippen LogP contribution in [0.15, 0.2) is 18.2 Å². The zero-order valence-corrected chi connectivity index (χ0v) is 10.9. The van der Waals surface area contributed by atoms with Gasteiger partial charge < -0.3 is 10.4 Å². The molecule has 0 aliphatic carbocycles. The molecule has 0 heterocycles. The number of rotatable bonds is 5. The molecule has 3 heteroatoms. The molecule has 0 radical (unpaired) electrons. The van der Waals surface area contributed by atoms with Crippen LogP contribution in [0.2, 0.25) is 0 Å². The van der Waals surface area contributed by atoms with Gasteiger partial charge in [-0.3, -0.25) is 4.79 Å². The number of hydrogen-bond donors (Lipinski definition) is 2. The third kappa shape index (κ3) is 3.30. The van der Waals surface area contributed by atoms with Crippen molar-refractivity contribution in [3.05, 3.63) is 34.9 Å². The molecule has 0 saturated carbocycles. The van der Waals surface area contributed by atoms with E-state index in [0.29, 0.717) is 12.5 Å². The Labute approximate surface area is 103 Å². The van der Waals surface area contributed by atoms with Gasteiger partial charge in [-0.05, 0) is 36.6 Å². The van der Waals surface area contributed by atoms with Crippen LogP contribution in [0.4, 0.5) is 0 Å². The van der Waals surface area contributed by atoms with Gasteiger partial charge >= 0.3 is 5.97 Å². The fraction of sp³-hybridized carbons (Fsp3) is 0.500. The second-order valence-corrected chi connectivity index (χ2v) is 4.72. The number of carboxylic acid groups (broad SMARTS) is 1. The summed E-state index contributed by atoms with van der Waals surface area (Å²) in [5.74, 6) is -0.833. The first-order valence-corrected chi connectivity index (χ1v) is 5.95. The van der Waals surface area contributed by atoms with Gasteiger partial charge in [-0.25, -0.2) is 0 Å². The van der Waals surface area contributed by atoms with Gasteiger partial charge in [0.05, 0.1) is 5.92 Å². The van der Waals surface area contributed by atoms with Crippen molar-refractivity contribution in [2.75, 3.05) is 13.6 Å². The van der Waals surface area contributed by atoms with Gasteiger partial charge in [-0.2, -0.15) is 0 Å². The van der Waals surface area contributed by atoms with E-state index >= 15 is 0 Å². The zero-order valence-electron chi connectivity index (χ0n) is 10.9. The van der Waals surface area contributed by atoms with E-state index in [-0.39, 0.29) is 0 Å². The maximum Gasteiger partial charge on any atom is 0.312 e. The van der Waals surface area contributed by atoms with Crippen molar-refractivity contribution in [3.63, 3.8) is 0 Å². The Morgan fingerprint density at radius 3 is 2.53 bits per heavy atom. The number of nitrogens with one attached hydrogen (secondary N) is 1. The predicted molar refractivity (Wildman–Crippen MR) is 69.6 cm³/mol. The third-order valence-electron chi connectivity index (χ3n) is 3.05. The Kier molecular flexibility index (Phi) is 4.70. The molecule has 0 amide bonds.